The lowest BCUT2D eigenvalue weighted by atomic mass is 10.1. The van der Waals surface area contributed by atoms with E-state index in [1.54, 1.807) is 28.1 Å². The first-order valence-corrected chi connectivity index (χ1v) is 9.21. The van der Waals surface area contributed by atoms with Crippen LogP contribution in [0.4, 0.5) is 0 Å². The van der Waals surface area contributed by atoms with Gasteiger partial charge in [0.15, 0.2) is 0 Å². The van der Waals surface area contributed by atoms with E-state index in [4.69, 9.17) is 0 Å². The number of nitrogens with zero attached hydrogens (tertiary/aromatic N) is 3. The summed E-state index contributed by atoms with van der Waals surface area (Å²) in [5, 5.41) is 10.2. The molecule has 7 heteroatoms. The summed E-state index contributed by atoms with van der Waals surface area (Å²) in [5.41, 5.74) is 1.91. The molecule has 1 aliphatic heterocycles. The fourth-order valence-corrected chi connectivity index (χ4v) is 3.57. The van der Waals surface area contributed by atoms with Gasteiger partial charge in [-0.05, 0) is 52.7 Å². The van der Waals surface area contributed by atoms with Gasteiger partial charge in [0.25, 0.3) is 5.91 Å². The van der Waals surface area contributed by atoms with Crippen molar-refractivity contribution in [3.8, 4) is 5.75 Å². The second-order valence-electron chi connectivity index (χ2n) is 6.31. The molecular formula is C19H20BrN3O3. The van der Waals surface area contributed by atoms with Crippen molar-refractivity contribution in [2.24, 2.45) is 0 Å². The number of carbonyl (C=O) groups excluding carboxylic acids is 2. The van der Waals surface area contributed by atoms with E-state index in [2.05, 4.69) is 20.9 Å². The van der Waals surface area contributed by atoms with Gasteiger partial charge in [-0.1, -0.05) is 6.07 Å². The minimum Gasteiger partial charge on any atom is -0.506 e. The third-order valence-corrected chi connectivity index (χ3v) is 5.02. The Hall–Kier alpha value is -2.41. The summed E-state index contributed by atoms with van der Waals surface area (Å²) in [5.74, 6) is -0.255. The standard InChI is InChI=1S/C19H20BrN3O3/c1-13-10-15(18(25)16(20)11-13)19(26)23-8-6-22(7-9-23)17(24)12-14-4-2-3-5-21-14/h2-5,10-11,25H,6-9,12H2,1H3. The number of benzene rings is 1. The summed E-state index contributed by atoms with van der Waals surface area (Å²) in [7, 11) is 0. The van der Waals surface area contributed by atoms with E-state index in [-0.39, 0.29) is 29.5 Å². The number of piperazine rings is 1. The van der Waals surface area contributed by atoms with Gasteiger partial charge in [-0.25, -0.2) is 0 Å². The van der Waals surface area contributed by atoms with E-state index in [0.29, 0.717) is 30.7 Å². The van der Waals surface area contributed by atoms with E-state index >= 15 is 0 Å². The number of phenols is 1. The molecule has 0 aliphatic carbocycles. The maximum absolute atomic E-state index is 12.7. The SMILES string of the molecule is Cc1cc(Br)c(O)c(C(=O)N2CCN(C(=O)Cc3ccccn3)CC2)c1. The Labute approximate surface area is 160 Å². The fourth-order valence-electron chi connectivity index (χ4n) is 3.00. The van der Waals surface area contributed by atoms with Crippen molar-refractivity contribution in [1.29, 1.82) is 0 Å². The van der Waals surface area contributed by atoms with Crippen LogP contribution in [0.25, 0.3) is 0 Å². The third-order valence-electron chi connectivity index (χ3n) is 4.42. The zero-order valence-electron chi connectivity index (χ0n) is 14.5. The van der Waals surface area contributed by atoms with Crippen LogP contribution in [0, 0.1) is 6.92 Å². The van der Waals surface area contributed by atoms with Crippen molar-refractivity contribution in [2.45, 2.75) is 13.3 Å². The van der Waals surface area contributed by atoms with Crippen LogP contribution < -0.4 is 0 Å². The lowest BCUT2D eigenvalue weighted by Crippen LogP contribution is -2.51. The molecule has 0 radical (unpaired) electrons. The molecule has 6 nitrogen and oxygen atoms in total. The van der Waals surface area contributed by atoms with Crippen LogP contribution >= 0.6 is 15.9 Å². The number of aromatic nitrogens is 1. The number of amides is 2. The molecule has 0 unspecified atom stereocenters. The highest BCUT2D eigenvalue weighted by Crippen LogP contribution is 2.30. The molecule has 3 rings (SSSR count). The predicted molar refractivity (Wildman–Crippen MR) is 101 cm³/mol. The number of carbonyl (C=O) groups is 2. The highest BCUT2D eigenvalue weighted by Gasteiger charge is 2.27. The van der Waals surface area contributed by atoms with Gasteiger partial charge < -0.3 is 14.9 Å². The monoisotopic (exact) mass is 417 g/mol. The molecule has 2 aromatic rings. The van der Waals surface area contributed by atoms with E-state index in [0.717, 1.165) is 11.3 Å². The maximum Gasteiger partial charge on any atom is 0.257 e. The first-order chi connectivity index (χ1) is 12.5. The molecule has 136 valence electrons. The van der Waals surface area contributed by atoms with Crippen LogP contribution in [-0.4, -0.2) is 57.9 Å². The summed E-state index contributed by atoms with van der Waals surface area (Å²) in [4.78, 5) is 32.7. The molecule has 1 aromatic heterocycles. The summed E-state index contributed by atoms with van der Waals surface area (Å²) in [6.45, 7) is 3.71. The zero-order chi connectivity index (χ0) is 18.7. The molecule has 1 saturated heterocycles. The van der Waals surface area contributed by atoms with E-state index in [1.807, 2.05) is 25.1 Å². The topological polar surface area (TPSA) is 73.7 Å². The van der Waals surface area contributed by atoms with E-state index in [9.17, 15) is 14.7 Å². The normalized spacial score (nSPS) is 14.4. The fraction of sp³-hybridized carbons (Fsp3) is 0.316. The van der Waals surface area contributed by atoms with Gasteiger partial charge >= 0.3 is 0 Å². The van der Waals surface area contributed by atoms with Gasteiger partial charge in [-0.3, -0.25) is 14.6 Å². The summed E-state index contributed by atoms with van der Waals surface area (Å²) < 4.78 is 0.505. The van der Waals surface area contributed by atoms with Gasteiger partial charge in [0.05, 0.1) is 16.5 Å². The average Bonchev–Trinajstić information content (AvgIpc) is 2.65. The first kappa shape index (κ1) is 18.4. The first-order valence-electron chi connectivity index (χ1n) is 8.42. The second kappa shape index (κ2) is 7.86. The van der Waals surface area contributed by atoms with Crippen LogP contribution in [0.5, 0.6) is 5.75 Å². The number of phenolic OH excluding ortho intramolecular Hbond substituents is 1. The van der Waals surface area contributed by atoms with Crippen LogP contribution in [0.15, 0.2) is 41.0 Å². The summed E-state index contributed by atoms with van der Waals surface area (Å²) in [6.07, 6.45) is 1.94. The molecule has 0 atom stereocenters. The van der Waals surface area contributed by atoms with Gasteiger partial charge in [-0.2, -0.15) is 0 Å². The van der Waals surface area contributed by atoms with Crippen molar-refractivity contribution in [3.05, 3.63) is 57.8 Å². The molecular weight excluding hydrogens is 398 g/mol. The van der Waals surface area contributed by atoms with Crippen LogP contribution in [0.3, 0.4) is 0 Å². The predicted octanol–water partition coefficient (Wildman–Crippen LogP) is 2.39. The Morgan fingerprint density at radius 3 is 2.50 bits per heavy atom. The van der Waals surface area contributed by atoms with Crippen molar-refractivity contribution in [1.82, 2.24) is 14.8 Å². The number of aryl methyl sites for hydroxylation is 1. The Morgan fingerprint density at radius 1 is 1.15 bits per heavy atom. The van der Waals surface area contributed by atoms with Crippen LogP contribution in [0.1, 0.15) is 21.6 Å². The largest absolute Gasteiger partial charge is 0.506 e. The van der Waals surface area contributed by atoms with Crippen molar-refractivity contribution in [2.75, 3.05) is 26.2 Å². The lowest BCUT2D eigenvalue weighted by Gasteiger charge is -2.35. The van der Waals surface area contributed by atoms with Crippen molar-refractivity contribution < 1.29 is 14.7 Å². The Bertz CT molecular complexity index is 818. The summed E-state index contributed by atoms with van der Waals surface area (Å²) in [6, 6.07) is 8.95. The number of halogens is 1. The average molecular weight is 418 g/mol. The molecule has 2 heterocycles. The van der Waals surface area contributed by atoms with E-state index in [1.165, 1.54) is 0 Å². The second-order valence-corrected chi connectivity index (χ2v) is 7.17. The Balaban J connectivity index is 1.61. The molecule has 1 fully saturated rings. The highest BCUT2D eigenvalue weighted by molar-refractivity contribution is 9.10. The molecule has 0 spiro atoms. The highest BCUT2D eigenvalue weighted by atomic mass is 79.9. The van der Waals surface area contributed by atoms with Crippen LogP contribution in [-0.2, 0) is 11.2 Å². The minimum absolute atomic E-state index is 0.0111. The van der Waals surface area contributed by atoms with Gasteiger partial charge in [0.1, 0.15) is 5.75 Å². The third kappa shape index (κ3) is 4.04. The number of aromatic hydroxyl groups is 1. The van der Waals surface area contributed by atoms with Crippen molar-refractivity contribution in [3.63, 3.8) is 0 Å². The van der Waals surface area contributed by atoms with Gasteiger partial charge in [0.2, 0.25) is 5.91 Å². The van der Waals surface area contributed by atoms with Crippen LogP contribution in [0.2, 0.25) is 0 Å². The zero-order valence-corrected chi connectivity index (χ0v) is 16.1. The molecule has 1 aromatic carbocycles. The molecule has 1 N–H and O–H groups in total. The lowest BCUT2D eigenvalue weighted by molar-refractivity contribution is -0.132. The quantitative estimate of drug-likeness (QED) is 0.831. The minimum atomic E-state index is -0.219. The smallest absolute Gasteiger partial charge is 0.257 e. The molecule has 2 amide bonds. The van der Waals surface area contributed by atoms with E-state index < -0.39 is 0 Å². The summed E-state index contributed by atoms with van der Waals surface area (Å²) >= 11 is 3.27. The van der Waals surface area contributed by atoms with Crippen molar-refractivity contribution >= 4 is 27.7 Å². The molecule has 26 heavy (non-hydrogen) atoms. The molecule has 1 aliphatic rings. The van der Waals surface area contributed by atoms with Gasteiger partial charge in [0, 0.05) is 38.1 Å². The maximum atomic E-state index is 12.7. The number of hydrogen-bond donors (Lipinski definition) is 1. The Morgan fingerprint density at radius 2 is 1.85 bits per heavy atom. The van der Waals surface area contributed by atoms with Gasteiger partial charge in [-0.15, -0.1) is 0 Å². The molecule has 0 bridgehead atoms. The number of hydrogen-bond acceptors (Lipinski definition) is 4. The number of pyridine rings is 1. The molecule has 0 saturated carbocycles. The number of rotatable bonds is 3. The Kier molecular flexibility index (Phi) is 5.56.